The largest absolute Gasteiger partial charge is 0.481 e. The van der Waals surface area contributed by atoms with Gasteiger partial charge in [-0.25, -0.2) is 5.01 Å². The Morgan fingerprint density at radius 1 is 1.62 bits per heavy atom. The summed E-state index contributed by atoms with van der Waals surface area (Å²) in [6.45, 7) is 3.59. The number of carboxylic acids is 1. The third-order valence-corrected chi connectivity index (χ3v) is 2.10. The van der Waals surface area contributed by atoms with Crippen LogP contribution < -0.4 is 0 Å². The van der Waals surface area contributed by atoms with E-state index in [0.29, 0.717) is 26.1 Å². The minimum absolute atomic E-state index is 0.0871. The second-order valence-corrected chi connectivity index (χ2v) is 2.96. The zero-order valence-corrected chi connectivity index (χ0v) is 7.69. The Morgan fingerprint density at radius 2 is 2.31 bits per heavy atom. The van der Waals surface area contributed by atoms with E-state index in [1.807, 2.05) is 6.92 Å². The Balaban J connectivity index is 2.41. The number of carbonyl (C=O) groups is 2. The second-order valence-electron chi connectivity index (χ2n) is 2.96. The Morgan fingerprint density at radius 3 is 2.85 bits per heavy atom. The molecule has 0 saturated carbocycles. The lowest BCUT2D eigenvalue weighted by Crippen LogP contribution is -2.39. The topological polar surface area (TPSA) is 60.9 Å². The van der Waals surface area contributed by atoms with Crippen molar-refractivity contribution in [2.45, 2.75) is 19.8 Å². The molecule has 1 amide bonds. The fourth-order valence-electron chi connectivity index (χ4n) is 1.47. The van der Waals surface area contributed by atoms with Crippen molar-refractivity contribution in [3.63, 3.8) is 0 Å². The van der Waals surface area contributed by atoms with E-state index in [1.165, 1.54) is 0 Å². The molecular formula is C8H14N2O3. The summed E-state index contributed by atoms with van der Waals surface area (Å²) in [6, 6.07) is 0. The molecular weight excluding hydrogens is 172 g/mol. The van der Waals surface area contributed by atoms with Crippen molar-refractivity contribution in [3.05, 3.63) is 0 Å². The maximum Gasteiger partial charge on any atom is 0.304 e. The number of rotatable bonds is 4. The van der Waals surface area contributed by atoms with Gasteiger partial charge < -0.3 is 5.11 Å². The predicted octanol–water partition coefficient (Wildman–Crippen LogP) is -0.0697. The van der Waals surface area contributed by atoms with Gasteiger partial charge in [-0.3, -0.25) is 14.6 Å². The molecule has 0 radical (unpaired) electrons. The van der Waals surface area contributed by atoms with Crippen molar-refractivity contribution in [1.29, 1.82) is 0 Å². The number of amides is 1. The van der Waals surface area contributed by atoms with E-state index in [1.54, 1.807) is 10.0 Å². The van der Waals surface area contributed by atoms with Crippen LogP contribution in [0.5, 0.6) is 0 Å². The fraction of sp³-hybridized carbons (Fsp3) is 0.750. The first kappa shape index (κ1) is 9.98. The summed E-state index contributed by atoms with van der Waals surface area (Å²) in [6.07, 6.45) is 0.594. The van der Waals surface area contributed by atoms with Crippen molar-refractivity contribution in [2.24, 2.45) is 0 Å². The van der Waals surface area contributed by atoms with Gasteiger partial charge in [0, 0.05) is 26.1 Å². The molecule has 1 rings (SSSR count). The lowest BCUT2D eigenvalue weighted by atomic mass is 10.4. The molecule has 1 aliphatic rings. The summed E-state index contributed by atoms with van der Waals surface area (Å²) in [7, 11) is 0. The number of nitrogens with zero attached hydrogens (tertiary/aromatic N) is 2. The van der Waals surface area contributed by atoms with Crippen LogP contribution in [0.1, 0.15) is 19.8 Å². The molecule has 1 heterocycles. The fourth-order valence-corrected chi connectivity index (χ4v) is 1.47. The number of carboxylic acid groups (broad SMARTS) is 1. The summed E-state index contributed by atoms with van der Waals surface area (Å²) < 4.78 is 0. The molecule has 13 heavy (non-hydrogen) atoms. The molecule has 74 valence electrons. The minimum Gasteiger partial charge on any atom is -0.481 e. The number of hydrogen-bond acceptors (Lipinski definition) is 3. The van der Waals surface area contributed by atoms with Gasteiger partial charge in [-0.15, -0.1) is 0 Å². The third kappa shape index (κ3) is 2.42. The van der Waals surface area contributed by atoms with Crippen molar-refractivity contribution in [1.82, 2.24) is 10.0 Å². The van der Waals surface area contributed by atoms with Crippen LogP contribution in [0.4, 0.5) is 0 Å². The van der Waals surface area contributed by atoms with Gasteiger partial charge in [-0.1, -0.05) is 0 Å². The van der Waals surface area contributed by atoms with Crippen LogP contribution in [0.3, 0.4) is 0 Å². The molecule has 0 aromatic heterocycles. The second kappa shape index (κ2) is 4.23. The van der Waals surface area contributed by atoms with Gasteiger partial charge >= 0.3 is 5.97 Å². The normalized spacial score (nSPS) is 18.2. The molecule has 5 nitrogen and oxygen atoms in total. The van der Waals surface area contributed by atoms with Gasteiger partial charge in [0.15, 0.2) is 0 Å². The zero-order chi connectivity index (χ0) is 9.84. The van der Waals surface area contributed by atoms with E-state index in [0.717, 1.165) is 0 Å². The van der Waals surface area contributed by atoms with E-state index in [9.17, 15) is 9.59 Å². The molecule has 5 heteroatoms. The molecule has 0 bridgehead atoms. The average Bonchev–Trinajstić information content (AvgIpc) is 2.42. The molecule has 0 atom stereocenters. The third-order valence-electron chi connectivity index (χ3n) is 2.10. The summed E-state index contributed by atoms with van der Waals surface area (Å²) in [4.78, 5) is 21.5. The van der Waals surface area contributed by atoms with E-state index >= 15 is 0 Å². The van der Waals surface area contributed by atoms with Gasteiger partial charge in [0.2, 0.25) is 5.91 Å². The van der Waals surface area contributed by atoms with Gasteiger partial charge in [-0.2, -0.15) is 0 Å². The van der Waals surface area contributed by atoms with E-state index in [-0.39, 0.29) is 12.3 Å². The molecule has 0 unspecified atom stereocenters. The molecule has 1 saturated heterocycles. The molecule has 0 aromatic carbocycles. The van der Waals surface area contributed by atoms with Gasteiger partial charge in [0.25, 0.3) is 0 Å². The predicted molar refractivity (Wildman–Crippen MR) is 45.8 cm³/mol. The van der Waals surface area contributed by atoms with Crippen molar-refractivity contribution < 1.29 is 14.7 Å². The molecule has 0 spiro atoms. The smallest absolute Gasteiger partial charge is 0.304 e. The molecule has 1 aliphatic heterocycles. The maximum atomic E-state index is 11.2. The van der Waals surface area contributed by atoms with Crippen LogP contribution in [-0.2, 0) is 9.59 Å². The van der Waals surface area contributed by atoms with E-state index in [4.69, 9.17) is 5.11 Å². The first-order valence-corrected chi connectivity index (χ1v) is 4.42. The standard InChI is InChI=1S/C8H14N2O3/c1-2-10-7(11)3-5-9(10)6-4-8(12)13/h2-6H2,1H3,(H,12,13). The number of hydrazine groups is 1. The number of hydrogen-bond donors (Lipinski definition) is 1. The van der Waals surface area contributed by atoms with Gasteiger partial charge in [0.1, 0.15) is 0 Å². The Hall–Kier alpha value is -1.10. The quantitative estimate of drug-likeness (QED) is 0.667. The molecule has 0 aromatic rings. The number of carbonyl (C=O) groups excluding carboxylic acids is 1. The molecule has 0 aliphatic carbocycles. The van der Waals surface area contributed by atoms with Gasteiger partial charge in [0.05, 0.1) is 6.42 Å². The van der Waals surface area contributed by atoms with Crippen molar-refractivity contribution in [3.8, 4) is 0 Å². The van der Waals surface area contributed by atoms with Crippen LogP contribution in [-0.4, -0.2) is 46.6 Å². The van der Waals surface area contributed by atoms with Crippen molar-refractivity contribution in [2.75, 3.05) is 19.6 Å². The monoisotopic (exact) mass is 186 g/mol. The minimum atomic E-state index is -0.824. The molecule has 1 fully saturated rings. The zero-order valence-electron chi connectivity index (χ0n) is 7.69. The van der Waals surface area contributed by atoms with Crippen LogP contribution in [0.25, 0.3) is 0 Å². The van der Waals surface area contributed by atoms with Crippen LogP contribution in [0.15, 0.2) is 0 Å². The lowest BCUT2D eigenvalue weighted by molar-refractivity contribution is -0.142. The Kier molecular flexibility index (Phi) is 3.25. The summed E-state index contributed by atoms with van der Waals surface area (Å²) in [5.74, 6) is -0.733. The summed E-state index contributed by atoms with van der Waals surface area (Å²) in [5, 5.41) is 11.9. The van der Waals surface area contributed by atoms with Crippen LogP contribution >= 0.6 is 0 Å². The summed E-state index contributed by atoms with van der Waals surface area (Å²) >= 11 is 0. The SMILES string of the molecule is CCN1C(=O)CCN1CCC(=O)O. The maximum absolute atomic E-state index is 11.2. The number of aliphatic carboxylic acids is 1. The first-order chi connectivity index (χ1) is 6.15. The van der Waals surface area contributed by atoms with E-state index < -0.39 is 5.97 Å². The van der Waals surface area contributed by atoms with Gasteiger partial charge in [-0.05, 0) is 6.92 Å². The Bertz CT molecular complexity index is 217. The Labute approximate surface area is 76.9 Å². The lowest BCUT2D eigenvalue weighted by Gasteiger charge is -2.25. The summed E-state index contributed by atoms with van der Waals surface area (Å²) in [5.41, 5.74) is 0. The highest BCUT2D eigenvalue weighted by molar-refractivity contribution is 5.77. The highest BCUT2D eigenvalue weighted by atomic mass is 16.4. The van der Waals surface area contributed by atoms with Crippen LogP contribution in [0.2, 0.25) is 0 Å². The van der Waals surface area contributed by atoms with Crippen molar-refractivity contribution >= 4 is 11.9 Å². The first-order valence-electron chi connectivity index (χ1n) is 4.42. The molecule has 1 N–H and O–H groups in total. The average molecular weight is 186 g/mol. The highest BCUT2D eigenvalue weighted by Crippen LogP contribution is 2.11. The highest BCUT2D eigenvalue weighted by Gasteiger charge is 2.27. The van der Waals surface area contributed by atoms with E-state index in [2.05, 4.69) is 0 Å². The van der Waals surface area contributed by atoms with Crippen LogP contribution in [0, 0.1) is 0 Å².